The lowest BCUT2D eigenvalue weighted by Gasteiger charge is -2.21. The van der Waals surface area contributed by atoms with Crippen LogP contribution in [0.3, 0.4) is 0 Å². The number of aromatic amines is 1. The third-order valence-electron chi connectivity index (χ3n) is 7.42. The quantitative estimate of drug-likeness (QED) is 0.201. The summed E-state index contributed by atoms with van der Waals surface area (Å²) in [5.41, 5.74) is 6.34. The van der Waals surface area contributed by atoms with Crippen molar-refractivity contribution in [3.8, 4) is 11.7 Å². The van der Waals surface area contributed by atoms with Gasteiger partial charge in [-0.15, -0.1) is 0 Å². The predicted molar refractivity (Wildman–Crippen MR) is 154 cm³/mol. The zero-order valence-electron chi connectivity index (χ0n) is 22.3. The Labute approximate surface area is 242 Å². The minimum absolute atomic E-state index is 0. The number of Topliss-reactive ketones (excluding diaryl/α,β-unsaturated/α-hetero) is 1. The number of halogens is 2. The number of H-pyrrole nitrogens is 1. The molecule has 2 aromatic carbocycles. The van der Waals surface area contributed by atoms with Crippen LogP contribution in [0, 0.1) is 6.92 Å². The molecule has 200 valence electrons. The molecule has 0 atom stereocenters. The Morgan fingerprint density at radius 3 is 2.29 bits per heavy atom. The summed E-state index contributed by atoms with van der Waals surface area (Å²) in [5.74, 6) is 3.53. The molecule has 2 heterocycles. The number of methoxy groups -OCH3 is 1. The molecule has 1 aliphatic carbocycles. The fraction of sp³-hybridized carbons (Fsp3) is 0.345. The molecule has 0 saturated carbocycles. The Hall–Kier alpha value is -2.19. The van der Waals surface area contributed by atoms with Crippen molar-refractivity contribution in [2.45, 2.75) is 57.0 Å². The van der Waals surface area contributed by atoms with Gasteiger partial charge >= 0.3 is 5.95 Å². The SMILES string of the molecule is COc1cc[n+](-c2nc3cc4c(cc3[nH]2)C(C)(C)C(=O)C4(C)C)c(CSSCc2ccc(Cl)cc2)c1C.[Cl-]. The molecule has 5 nitrogen and oxygen atoms in total. The molecule has 0 fully saturated rings. The van der Waals surface area contributed by atoms with Crippen molar-refractivity contribution in [1.82, 2.24) is 9.97 Å². The number of aromatic nitrogens is 3. The second kappa shape index (κ2) is 10.8. The minimum Gasteiger partial charge on any atom is -1.00 e. The number of carbonyl (C=O) groups excluding carboxylic acids is 1. The van der Waals surface area contributed by atoms with Crippen LogP contribution in [0.4, 0.5) is 0 Å². The molecule has 5 rings (SSSR count). The van der Waals surface area contributed by atoms with Gasteiger partial charge in [0.2, 0.25) is 0 Å². The number of ether oxygens (including phenoxy) is 1. The van der Waals surface area contributed by atoms with E-state index in [4.69, 9.17) is 21.3 Å². The predicted octanol–water partition coefficient (Wildman–Crippen LogP) is 4.03. The maximum Gasteiger partial charge on any atom is 0.402 e. The van der Waals surface area contributed by atoms with Gasteiger partial charge in [-0.2, -0.15) is 0 Å². The van der Waals surface area contributed by atoms with E-state index in [1.807, 2.05) is 62.9 Å². The average molecular weight is 589 g/mol. The number of nitrogens with zero attached hydrogens (tertiary/aromatic N) is 2. The lowest BCUT2D eigenvalue weighted by molar-refractivity contribution is -0.610. The number of hydrogen-bond donors (Lipinski definition) is 1. The van der Waals surface area contributed by atoms with Crippen LogP contribution in [0.15, 0.2) is 48.7 Å². The molecule has 9 heteroatoms. The Balaban J connectivity index is 0.00000336. The van der Waals surface area contributed by atoms with Crippen molar-refractivity contribution < 1.29 is 26.5 Å². The number of nitrogens with one attached hydrogen (secondary N) is 1. The van der Waals surface area contributed by atoms with Crippen LogP contribution < -0.4 is 21.7 Å². The summed E-state index contributed by atoms with van der Waals surface area (Å²) in [5, 5.41) is 0.754. The lowest BCUT2D eigenvalue weighted by atomic mass is 9.80. The highest BCUT2D eigenvalue weighted by Gasteiger charge is 2.50. The number of rotatable bonds is 7. The fourth-order valence-electron chi connectivity index (χ4n) is 5.28. The smallest absolute Gasteiger partial charge is 0.402 e. The van der Waals surface area contributed by atoms with Gasteiger partial charge in [0.25, 0.3) is 0 Å². The Kier molecular flexibility index (Phi) is 8.16. The van der Waals surface area contributed by atoms with Gasteiger partial charge in [0.15, 0.2) is 11.3 Å². The van der Waals surface area contributed by atoms with Gasteiger partial charge in [0.1, 0.15) is 17.0 Å². The van der Waals surface area contributed by atoms with E-state index in [9.17, 15) is 4.79 Å². The van der Waals surface area contributed by atoms with Crippen LogP contribution in [0.1, 0.15) is 55.6 Å². The van der Waals surface area contributed by atoms with Crippen LogP contribution in [-0.4, -0.2) is 22.9 Å². The molecule has 1 aliphatic rings. The van der Waals surface area contributed by atoms with Gasteiger partial charge in [-0.1, -0.05) is 50.3 Å². The van der Waals surface area contributed by atoms with Gasteiger partial charge in [-0.05, 0) is 75.6 Å². The molecule has 1 N–H and O–H groups in total. The second-order valence-electron chi connectivity index (χ2n) is 10.5. The summed E-state index contributed by atoms with van der Waals surface area (Å²) >= 11 is 6.02. The summed E-state index contributed by atoms with van der Waals surface area (Å²) in [6.45, 7) is 10.2. The number of hydrogen-bond acceptors (Lipinski definition) is 5. The summed E-state index contributed by atoms with van der Waals surface area (Å²) in [4.78, 5) is 21.6. The zero-order valence-corrected chi connectivity index (χ0v) is 25.5. The van der Waals surface area contributed by atoms with Crippen molar-refractivity contribution in [3.05, 3.63) is 81.6 Å². The molecule has 2 aromatic heterocycles. The molecule has 0 bridgehead atoms. The molecule has 0 spiro atoms. The van der Waals surface area contributed by atoms with Gasteiger partial charge < -0.3 is 17.1 Å². The van der Waals surface area contributed by atoms with Crippen molar-refractivity contribution >= 4 is 50.0 Å². The molecule has 0 unspecified atom stereocenters. The van der Waals surface area contributed by atoms with E-state index < -0.39 is 10.8 Å². The summed E-state index contributed by atoms with van der Waals surface area (Å²) in [6, 6.07) is 14.2. The number of ketones is 1. The molecule has 38 heavy (non-hydrogen) atoms. The first kappa shape index (κ1) is 28.8. The largest absolute Gasteiger partial charge is 1.00 e. The van der Waals surface area contributed by atoms with Gasteiger partial charge in [0, 0.05) is 33.2 Å². The van der Waals surface area contributed by atoms with Crippen LogP contribution >= 0.6 is 33.2 Å². The van der Waals surface area contributed by atoms with E-state index >= 15 is 0 Å². The van der Waals surface area contributed by atoms with Crippen molar-refractivity contribution in [2.24, 2.45) is 0 Å². The normalized spacial score (nSPS) is 15.4. The number of fused-ring (bicyclic) bond motifs is 2. The Morgan fingerprint density at radius 1 is 1.00 bits per heavy atom. The van der Waals surface area contributed by atoms with E-state index in [1.54, 1.807) is 17.9 Å². The molecule has 4 aromatic rings. The third kappa shape index (κ3) is 4.94. The van der Waals surface area contributed by atoms with Crippen molar-refractivity contribution in [2.75, 3.05) is 7.11 Å². The van der Waals surface area contributed by atoms with Gasteiger partial charge in [-0.25, -0.2) is 9.55 Å². The monoisotopic (exact) mass is 587 g/mol. The molecular formula is C29H31Cl2N3O2S2. The van der Waals surface area contributed by atoms with E-state index in [1.165, 1.54) is 5.56 Å². The number of pyridine rings is 1. The highest BCUT2D eigenvalue weighted by molar-refractivity contribution is 8.76. The minimum atomic E-state index is -0.529. The first-order valence-electron chi connectivity index (χ1n) is 12.2. The summed E-state index contributed by atoms with van der Waals surface area (Å²) in [6.07, 6.45) is 2.01. The van der Waals surface area contributed by atoms with E-state index in [2.05, 4.69) is 40.7 Å². The topological polar surface area (TPSA) is 58.9 Å². The van der Waals surface area contributed by atoms with E-state index in [-0.39, 0.29) is 18.2 Å². The number of imidazole rings is 1. The molecule has 0 saturated heterocycles. The van der Waals surface area contributed by atoms with Crippen LogP contribution in [0.2, 0.25) is 5.02 Å². The number of benzene rings is 2. The van der Waals surface area contributed by atoms with Crippen LogP contribution in [0.25, 0.3) is 17.0 Å². The van der Waals surface area contributed by atoms with Crippen LogP contribution in [0.5, 0.6) is 5.75 Å². The second-order valence-corrected chi connectivity index (χ2v) is 13.4. The third-order valence-corrected chi connectivity index (χ3v) is 9.89. The Morgan fingerprint density at radius 2 is 1.63 bits per heavy atom. The zero-order chi connectivity index (χ0) is 26.5. The first-order chi connectivity index (χ1) is 17.5. The highest BCUT2D eigenvalue weighted by Crippen LogP contribution is 2.47. The van der Waals surface area contributed by atoms with Crippen molar-refractivity contribution in [1.29, 1.82) is 0 Å². The Bertz CT molecular complexity index is 1460. The average Bonchev–Trinajstić information content (AvgIpc) is 3.34. The van der Waals surface area contributed by atoms with Gasteiger partial charge in [-0.3, -0.25) is 4.79 Å². The lowest BCUT2D eigenvalue weighted by Crippen LogP contribution is -3.00. The maximum absolute atomic E-state index is 13.1. The summed E-state index contributed by atoms with van der Waals surface area (Å²) < 4.78 is 7.74. The molecule has 0 radical (unpaired) electrons. The maximum atomic E-state index is 13.1. The van der Waals surface area contributed by atoms with E-state index in [0.717, 1.165) is 61.6 Å². The van der Waals surface area contributed by atoms with E-state index in [0.29, 0.717) is 0 Å². The summed E-state index contributed by atoms with van der Waals surface area (Å²) in [7, 11) is 5.31. The van der Waals surface area contributed by atoms with Crippen molar-refractivity contribution in [3.63, 3.8) is 0 Å². The van der Waals surface area contributed by atoms with Gasteiger partial charge in [0.05, 0.1) is 19.1 Å². The van der Waals surface area contributed by atoms with Crippen LogP contribution in [-0.2, 0) is 27.1 Å². The molecule has 0 amide bonds. The number of carbonyl (C=O) groups is 1. The first-order valence-corrected chi connectivity index (χ1v) is 15.1. The standard InChI is InChI=1S/C29H31ClN3O2S2.ClH/c1-17-24(16-37-36-15-18-7-9-19(30)10-8-18)33(12-11-25(17)35-6)27-31-22-13-20-21(14-23(22)32-27)29(4,5)26(34)28(20,2)3;/h7-14H,15-16H2,1-6H3,(H,31,32);1H/q+1;/p-1. The molecule has 0 aliphatic heterocycles. The molecular weight excluding hydrogens is 557 g/mol. The highest BCUT2D eigenvalue weighted by atomic mass is 35.5. The fourth-order valence-corrected chi connectivity index (χ4v) is 7.61.